The van der Waals surface area contributed by atoms with Crippen LogP contribution in [0, 0.1) is 5.92 Å². The molecule has 2 N–H and O–H groups in total. The number of hydrogen-bond acceptors (Lipinski definition) is 3. The van der Waals surface area contributed by atoms with E-state index in [4.69, 9.17) is 4.74 Å². The summed E-state index contributed by atoms with van der Waals surface area (Å²) >= 11 is 0. The molecule has 1 saturated carbocycles. The van der Waals surface area contributed by atoms with Crippen molar-refractivity contribution in [3.8, 4) is 0 Å². The van der Waals surface area contributed by atoms with Crippen LogP contribution in [0.15, 0.2) is 4.99 Å². The van der Waals surface area contributed by atoms with Gasteiger partial charge in [0.25, 0.3) is 0 Å². The molecule has 0 spiro atoms. The van der Waals surface area contributed by atoms with Crippen molar-refractivity contribution in [1.29, 1.82) is 0 Å². The Hall–Kier alpha value is -0.530. The summed E-state index contributed by atoms with van der Waals surface area (Å²) in [6.07, 6.45) is 7.41. The highest BCUT2D eigenvalue weighted by Crippen LogP contribution is 2.27. The number of nitrogens with zero attached hydrogens (tertiary/aromatic N) is 1. The molecule has 0 bridgehead atoms. The molecule has 0 atom stereocenters. The number of guanidine groups is 1. The SMILES string of the molecule is CN=C(NCCCCCCC(=O)OC(C)(C)C)NCC1CC1.I. The Balaban J connectivity index is 0.00000484. The highest BCUT2D eigenvalue weighted by molar-refractivity contribution is 14.0. The van der Waals surface area contributed by atoms with Crippen LogP contribution < -0.4 is 10.6 Å². The van der Waals surface area contributed by atoms with Crippen LogP contribution >= 0.6 is 24.0 Å². The van der Waals surface area contributed by atoms with E-state index in [0.717, 1.165) is 50.7 Å². The summed E-state index contributed by atoms with van der Waals surface area (Å²) in [7, 11) is 1.81. The largest absolute Gasteiger partial charge is 0.460 e. The molecule has 0 saturated heterocycles. The standard InChI is InChI=1S/C17H33N3O2.HI/c1-17(2,3)22-15(21)9-7-5-6-8-12-19-16(18-4)20-13-14-10-11-14;/h14H,5-13H2,1-4H3,(H2,18,19,20);1H. The van der Waals surface area contributed by atoms with Gasteiger partial charge in [0.05, 0.1) is 0 Å². The Morgan fingerprint density at radius 1 is 1.13 bits per heavy atom. The molecule has 1 aliphatic rings. The first-order valence-electron chi connectivity index (χ1n) is 8.57. The molecule has 0 aromatic rings. The van der Waals surface area contributed by atoms with Crippen LogP contribution in [0.25, 0.3) is 0 Å². The summed E-state index contributed by atoms with van der Waals surface area (Å²) in [5.41, 5.74) is -0.371. The molecule has 0 amide bonds. The molecule has 0 aromatic heterocycles. The third kappa shape index (κ3) is 13.6. The fourth-order valence-corrected chi connectivity index (χ4v) is 2.13. The highest BCUT2D eigenvalue weighted by atomic mass is 127. The first-order chi connectivity index (χ1) is 10.4. The van der Waals surface area contributed by atoms with Crippen LogP contribution in [0.1, 0.15) is 65.7 Å². The number of halogens is 1. The fourth-order valence-electron chi connectivity index (χ4n) is 2.13. The van der Waals surface area contributed by atoms with Gasteiger partial charge in [-0.15, -0.1) is 24.0 Å². The van der Waals surface area contributed by atoms with Crippen LogP contribution in [0.4, 0.5) is 0 Å². The first-order valence-corrected chi connectivity index (χ1v) is 8.57. The maximum absolute atomic E-state index is 11.5. The number of aliphatic imine (C=N–C) groups is 1. The lowest BCUT2D eigenvalue weighted by atomic mass is 10.1. The topological polar surface area (TPSA) is 62.7 Å². The van der Waals surface area contributed by atoms with E-state index in [1.54, 1.807) is 0 Å². The zero-order valence-corrected chi connectivity index (χ0v) is 17.4. The van der Waals surface area contributed by atoms with Gasteiger partial charge in [-0.2, -0.15) is 0 Å². The van der Waals surface area contributed by atoms with Crippen molar-refractivity contribution in [3.05, 3.63) is 0 Å². The minimum atomic E-state index is -0.371. The number of carbonyl (C=O) groups is 1. The molecular weight excluding hydrogens is 405 g/mol. The number of nitrogens with one attached hydrogen (secondary N) is 2. The van der Waals surface area contributed by atoms with Crippen molar-refractivity contribution in [3.63, 3.8) is 0 Å². The molecule has 136 valence electrons. The Kier molecular flexibility index (Phi) is 11.6. The number of ether oxygens (including phenoxy) is 1. The van der Waals surface area contributed by atoms with Crippen LogP contribution in [0.2, 0.25) is 0 Å². The van der Waals surface area contributed by atoms with E-state index >= 15 is 0 Å². The molecule has 0 radical (unpaired) electrons. The predicted octanol–water partition coefficient (Wildman–Crippen LogP) is 3.47. The van der Waals surface area contributed by atoms with E-state index in [-0.39, 0.29) is 35.5 Å². The summed E-state index contributed by atoms with van der Waals surface area (Å²) in [4.78, 5) is 15.8. The van der Waals surface area contributed by atoms with E-state index in [1.165, 1.54) is 12.8 Å². The molecule has 0 heterocycles. The number of rotatable bonds is 9. The summed E-state index contributed by atoms with van der Waals surface area (Å²) < 4.78 is 5.29. The quantitative estimate of drug-likeness (QED) is 0.190. The zero-order chi connectivity index (χ0) is 16.4. The zero-order valence-electron chi connectivity index (χ0n) is 15.1. The van der Waals surface area contributed by atoms with Crippen molar-refractivity contribution in [2.24, 2.45) is 10.9 Å². The van der Waals surface area contributed by atoms with Crippen molar-refractivity contribution in [2.75, 3.05) is 20.1 Å². The van der Waals surface area contributed by atoms with Crippen molar-refractivity contribution < 1.29 is 9.53 Å². The molecule has 1 fully saturated rings. The molecular formula is C17H34IN3O2. The number of hydrogen-bond donors (Lipinski definition) is 2. The van der Waals surface area contributed by atoms with Crippen LogP contribution in [0.5, 0.6) is 0 Å². The molecule has 5 nitrogen and oxygen atoms in total. The lowest BCUT2D eigenvalue weighted by Gasteiger charge is -2.19. The Bertz CT molecular complexity index is 363. The number of unbranched alkanes of at least 4 members (excludes halogenated alkanes) is 3. The summed E-state index contributed by atoms with van der Waals surface area (Å²) in [6.45, 7) is 7.68. The van der Waals surface area contributed by atoms with Crippen LogP contribution in [0.3, 0.4) is 0 Å². The second-order valence-corrected chi connectivity index (χ2v) is 7.07. The average Bonchev–Trinajstić information content (AvgIpc) is 3.23. The maximum atomic E-state index is 11.5. The smallest absolute Gasteiger partial charge is 0.306 e. The van der Waals surface area contributed by atoms with Gasteiger partial charge < -0.3 is 15.4 Å². The van der Waals surface area contributed by atoms with Gasteiger partial charge in [0.1, 0.15) is 5.60 Å². The number of esters is 1. The highest BCUT2D eigenvalue weighted by Gasteiger charge is 2.20. The summed E-state index contributed by atoms with van der Waals surface area (Å²) in [5.74, 6) is 1.67. The molecule has 1 rings (SSSR count). The normalized spacial score (nSPS) is 14.9. The van der Waals surface area contributed by atoms with Crippen LogP contribution in [-0.2, 0) is 9.53 Å². The fraction of sp³-hybridized carbons (Fsp3) is 0.882. The summed E-state index contributed by atoms with van der Waals surface area (Å²) in [6, 6.07) is 0. The number of carbonyl (C=O) groups excluding carboxylic acids is 1. The lowest BCUT2D eigenvalue weighted by Crippen LogP contribution is -2.38. The molecule has 0 aliphatic heterocycles. The first kappa shape index (κ1) is 22.5. The van der Waals surface area contributed by atoms with E-state index in [0.29, 0.717) is 6.42 Å². The van der Waals surface area contributed by atoms with Gasteiger partial charge in [-0.1, -0.05) is 12.8 Å². The van der Waals surface area contributed by atoms with Gasteiger partial charge in [0, 0.05) is 26.6 Å². The molecule has 0 unspecified atom stereocenters. The Labute approximate surface area is 158 Å². The Morgan fingerprint density at radius 2 is 1.78 bits per heavy atom. The van der Waals surface area contributed by atoms with Crippen LogP contribution in [-0.4, -0.2) is 37.7 Å². The molecule has 1 aliphatic carbocycles. The minimum Gasteiger partial charge on any atom is -0.460 e. The molecule has 23 heavy (non-hydrogen) atoms. The van der Waals surface area contributed by atoms with Gasteiger partial charge in [0.15, 0.2) is 5.96 Å². The van der Waals surface area contributed by atoms with Crippen molar-refractivity contribution >= 4 is 35.9 Å². The maximum Gasteiger partial charge on any atom is 0.306 e. The van der Waals surface area contributed by atoms with Gasteiger partial charge in [-0.05, 0) is 52.4 Å². The predicted molar refractivity (Wildman–Crippen MR) is 106 cm³/mol. The van der Waals surface area contributed by atoms with E-state index in [2.05, 4.69) is 15.6 Å². The second-order valence-electron chi connectivity index (χ2n) is 7.07. The van der Waals surface area contributed by atoms with Gasteiger partial charge in [0.2, 0.25) is 0 Å². The third-order valence-electron chi connectivity index (χ3n) is 3.50. The summed E-state index contributed by atoms with van der Waals surface area (Å²) in [5, 5.41) is 6.68. The third-order valence-corrected chi connectivity index (χ3v) is 3.50. The van der Waals surface area contributed by atoms with E-state index < -0.39 is 0 Å². The van der Waals surface area contributed by atoms with Crippen molar-refractivity contribution in [1.82, 2.24) is 10.6 Å². The second kappa shape index (κ2) is 11.9. The van der Waals surface area contributed by atoms with E-state index in [1.807, 2.05) is 27.8 Å². The van der Waals surface area contributed by atoms with Gasteiger partial charge >= 0.3 is 5.97 Å². The average molecular weight is 439 g/mol. The Morgan fingerprint density at radius 3 is 2.35 bits per heavy atom. The minimum absolute atomic E-state index is 0. The monoisotopic (exact) mass is 439 g/mol. The van der Waals surface area contributed by atoms with Gasteiger partial charge in [-0.3, -0.25) is 9.79 Å². The van der Waals surface area contributed by atoms with Gasteiger partial charge in [-0.25, -0.2) is 0 Å². The van der Waals surface area contributed by atoms with E-state index in [9.17, 15) is 4.79 Å². The molecule has 0 aromatic carbocycles. The lowest BCUT2D eigenvalue weighted by molar-refractivity contribution is -0.154. The molecule has 6 heteroatoms. The van der Waals surface area contributed by atoms with Crippen molar-refractivity contribution in [2.45, 2.75) is 71.3 Å².